The first-order valence-electron chi connectivity index (χ1n) is 9.89. The minimum absolute atomic E-state index is 0.279. The second-order valence-electron chi connectivity index (χ2n) is 7.26. The minimum atomic E-state index is -0.279. The predicted molar refractivity (Wildman–Crippen MR) is 114 cm³/mol. The Morgan fingerprint density at radius 1 is 0.867 bits per heavy atom. The van der Waals surface area contributed by atoms with Crippen LogP contribution in [0.4, 0.5) is 0 Å². The Labute approximate surface area is 172 Å². The molecule has 4 heterocycles. The molecule has 3 aromatic heterocycles. The smallest absolute Gasteiger partial charge is 0.184 e. The summed E-state index contributed by atoms with van der Waals surface area (Å²) < 4.78 is 13.1. The Balaban J connectivity index is 1.55. The summed E-state index contributed by atoms with van der Waals surface area (Å²) >= 11 is 0. The molecule has 2 aromatic carbocycles. The number of pyridine rings is 2. The van der Waals surface area contributed by atoms with E-state index in [1.807, 2.05) is 47.0 Å². The van der Waals surface area contributed by atoms with Crippen molar-refractivity contribution in [3.63, 3.8) is 0 Å². The Kier molecular flexibility index (Phi) is 4.04. The largest absolute Gasteiger partial charge is 0.346 e. The van der Waals surface area contributed by atoms with Gasteiger partial charge in [0.1, 0.15) is 6.33 Å². The second-order valence-corrected chi connectivity index (χ2v) is 7.26. The van der Waals surface area contributed by atoms with E-state index in [0.29, 0.717) is 13.2 Å². The number of ether oxygens (including phenoxy) is 2. The number of rotatable bonds is 3. The van der Waals surface area contributed by atoms with Crippen molar-refractivity contribution >= 4 is 16.6 Å². The highest BCUT2D eigenvalue weighted by Crippen LogP contribution is 2.35. The van der Waals surface area contributed by atoms with Gasteiger partial charge in [-0.3, -0.25) is 4.40 Å². The van der Waals surface area contributed by atoms with E-state index in [1.165, 1.54) is 0 Å². The summed E-state index contributed by atoms with van der Waals surface area (Å²) in [5.41, 5.74) is 6.83. The van der Waals surface area contributed by atoms with Gasteiger partial charge in [0.25, 0.3) is 0 Å². The zero-order valence-electron chi connectivity index (χ0n) is 16.1. The Bertz CT molecular complexity index is 1340. The van der Waals surface area contributed by atoms with Crippen LogP contribution in [-0.4, -0.2) is 32.8 Å². The topological polar surface area (TPSA) is 61.5 Å². The average molecular weight is 394 g/mol. The Hall–Kier alpha value is -3.61. The van der Waals surface area contributed by atoms with Gasteiger partial charge in [0.15, 0.2) is 11.9 Å². The van der Waals surface area contributed by atoms with Crippen molar-refractivity contribution in [2.75, 3.05) is 13.2 Å². The van der Waals surface area contributed by atoms with E-state index >= 15 is 0 Å². The van der Waals surface area contributed by atoms with Crippen molar-refractivity contribution in [3.8, 4) is 22.4 Å². The van der Waals surface area contributed by atoms with Gasteiger partial charge in [0.2, 0.25) is 0 Å². The number of hydrogen-bond acceptors (Lipinski definition) is 5. The third-order valence-electron chi connectivity index (χ3n) is 5.42. The van der Waals surface area contributed by atoms with Crippen molar-refractivity contribution in [1.29, 1.82) is 0 Å². The molecule has 6 rings (SSSR count). The molecule has 0 radical (unpaired) electrons. The van der Waals surface area contributed by atoms with E-state index in [1.54, 1.807) is 6.33 Å². The highest BCUT2D eigenvalue weighted by atomic mass is 16.7. The maximum atomic E-state index is 5.62. The lowest BCUT2D eigenvalue weighted by Gasteiger charge is -2.14. The molecule has 0 N–H and O–H groups in total. The molecule has 0 spiro atoms. The number of aromatic nitrogens is 4. The lowest BCUT2D eigenvalue weighted by atomic mass is 9.97. The zero-order valence-corrected chi connectivity index (χ0v) is 16.1. The van der Waals surface area contributed by atoms with E-state index < -0.39 is 0 Å². The highest BCUT2D eigenvalue weighted by Gasteiger charge is 2.19. The first kappa shape index (κ1) is 17.3. The van der Waals surface area contributed by atoms with Gasteiger partial charge in [-0.05, 0) is 17.7 Å². The monoisotopic (exact) mass is 394 g/mol. The van der Waals surface area contributed by atoms with Gasteiger partial charge in [-0.15, -0.1) is 10.2 Å². The van der Waals surface area contributed by atoms with Gasteiger partial charge >= 0.3 is 0 Å². The molecule has 0 unspecified atom stereocenters. The third-order valence-corrected chi connectivity index (χ3v) is 5.42. The summed E-state index contributed by atoms with van der Waals surface area (Å²) in [5, 5.41) is 9.30. The van der Waals surface area contributed by atoms with Gasteiger partial charge < -0.3 is 9.47 Å². The fourth-order valence-corrected chi connectivity index (χ4v) is 3.94. The summed E-state index contributed by atoms with van der Waals surface area (Å²) in [5.74, 6) is 0. The van der Waals surface area contributed by atoms with Crippen LogP contribution < -0.4 is 0 Å². The summed E-state index contributed by atoms with van der Waals surface area (Å²) in [6.45, 7) is 1.27. The van der Waals surface area contributed by atoms with Crippen molar-refractivity contribution in [1.82, 2.24) is 19.6 Å². The van der Waals surface area contributed by atoms with Crippen molar-refractivity contribution in [2.45, 2.75) is 6.29 Å². The average Bonchev–Trinajstić information content (AvgIpc) is 3.51. The SMILES string of the molecule is c1ccc(-c2cc3c(ccn4cnnc34)nc2-c2ccc(C3OCCO3)cc2)cc1. The van der Waals surface area contributed by atoms with E-state index in [0.717, 1.165) is 44.5 Å². The molecule has 0 amide bonds. The molecule has 30 heavy (non-hydrogen) atoms. The van der Waals surface area contributed by atoms with Crippen molar-refractivity contribution in [3.05, 3.63) is 84.8 Å². The van der Waals surface area contributed by atoms with E-state index in [-0.39, 0.29) is 6.29 Å². The molecule has 1 aliphatic heterocycles. The molecule has 0 aliphatic carbocycles. The molecular weight excluding hydrogens is 376 g/mol. The van der Waals surface area contributed by atoms with Crippen LogP contribution in [0.1, 0.15) is 11.9 Å². The van der Waals surface area contributed by atoms with Gasteiger partial charge in [-0.25, -0.2) is 4.98 Å². The predicted octanol–water partition coefficient (Wildman–Crippen LogP) is 4.66. The first-order chi connectivity index (χ1) is 14.9. The van der Waals surface area contributed by atoms with Crippen molar-refractivity contribution < 1.29 is 9.47 Å². The molecule has 6 nitrogen and oxygen atoms in total. The Morgan fingerprint density at radius 2 is 1.67 bits per heavy atom. The Morgan fingerprint density at radius 3 is 2.47 bits per heavy atom. The quantitative estimate of drug-likeness (QED) is 0.445. The summed E-state index contributed by atoms with van der Waals surface area (Å²) in [6, 6.07) is 22.7. The molecule has 0 saturated carbocycles. The van der Waals surface area contributed by atoms with Gasteiger partial charge in [0, 0.05) is 28.3 Å². The number of fused-ring (bicyclic) bond motifs is 3. The van der Waals surface area contributed by atoms with Crippen LogP contribution in [0.3, 0.4) is 0 Å². The summed E-state index contributed by atoms with van der Waals surface area (Å²) in [6.07, 6.45) is 3.36. The molecule has 6 heteroatoms. The molecule has 0 atom stereocenters. The zero-order chi connectivity index (χ0) is 19.9. The fraction of sp³-hybridized carbons (Fsp3) is 0.125. The van der Waals surface area contributed by atoms with Crippen LogP contribution >= 0.6 is 0 Å². The van der Waals surface area contributed by atoms with Crippen LogP contribution in [-0.2, 0) is 9.47 Å². The first-order valence-corrected chi connectivity index (χ1v) is 9.89. The fourth-order valence-electron chi connectivity index (χ4n) is 3.94. The van der Waals surface area contributed by atoms with E-state index in [9.17, 15) is 0 Å². The molecule has 1 fully saturated rings. The minimum Gasteiger partial charge on any atom is -0.346 e. The van der Waals surface area contributed by atoms with Crippen LogP contribution in [0.5, 0.6) is 0 Å². The van der Waals surface area contributed by atoms with Crippen LogP contribution in [0.25, 0.3) is 38.9 Å². The molecule has 1 saturated heterocycles. The van der Waals surface area contributed by atoms with Gasteiger partial charge in [0.05, 0.1) is 24.4 Å². The van der Waals surface area contributed by atoms with Crippen LogP contribution in [0.15, 0.2) is 79.3 Å². The normalized spacial score (nSPS) is 14.7. The second kappa shape index (κ2) is 7.02. The maximum Gasteiger partial charge on any atom is 0.184 e. The standard InChI is InChI=1S/C24H18N4O2/c1-2-4-16(5-3-1)19-14-20-21(10-11-28-15-25-27-23(20)28)26-22(19)17-6-8-18(9-7-17)24-29-12-13-30-24/h1-11,14-15,24H,12-13H2. The summed E-state index contributed by atoms with van der Waals surface area (Å²) in [4.78, 5) is 5.04. The highest BCUT2D eigenvalue weighted by molar-refractivity contribution is 5.98. The van der Waals surface area contributed by atoms with E-state index in [4.69, 9.17) is 14.5 Å². The lowest BCUT2D eigenvalue weighted by molar-refractivity contribution is -0.0441. The molecule has 1 aliphatic rings. The molecule has 0 bridgehead atoms. The van der Waals surface area contributed by atoms with Crippen LogP contribution in [0.2, 0.25) is 0 Å². The van der Waals surface area contributed by atoms with E-state index in [2.05, 4.69) is 40.5 Å². The lowest BCUT2D eigenvalue weighted by Crippen LogP contribution is -1.98. The number of nitrogens with zero attached hydrogens (tertiary/aromatic N) is 4. The molecule has 5 aromatic rings. The molecular formula is C24H18N4O2. The van der Waals surface area contributed by atoms with Crippen LogP contribution in [0, 0.1) is 0 Å². The number of hydrogen-bond donors (Lipinski definition) is 0. The maximum absolute atomic E-state index is 5.62. The van der Waals surface area contributed by atoms with Gasteiger partial charge in [-0.2, -0.15) is 0 Å². The molecule has 146 valence electrons. The van der Waals surface area contributed by atoms with Crippen molar-refractivity contribution in [2.24, 2.45) is 0 Å². The third kappa shape index (κ3) is 2.85. The summed E-state index contributed by atoms with van der Waals surface area (Å²) in [7, 11) is 0. The van der Waals surface area contributed by atoms with Gasteiger partial charge in [-0.1, -0.05) is 54.6 Å². The number of benzene rings is 2.